The summed E-state index contributed by atoms with van der Waals surface area (Å²) in [7, 11) is 0. The van der Waals surface area contributed by atoms with E-state index in [2.05, 4.69) is 10.6 Å². The largest absolute Gasteiger partial charge is 0.490 e. The molecule has 2 heterocycles. The number of amides is 2. The number of aryl methyl sites for hydroxylation is 2. The molecule has 0 radical (unpaired) electrons. The number of carbonyl (C=O) groups excluding carboxylic acids is 2. The molecule has 2 bridgehead atoms. The van der Waals surface area contributed by atoms with Gasteiger partial charge < -0.3 is 30.1 Å². The third-order valence-corrected chi connectivity index (χ3v) is 11.3. The van der Waals surface area contributed by atoms with Crippen LogP contribution in [0.4, 0.5) is 0 Å². The predicted octanol–water partition coefficient (Wildman–Crippen LogP) is 7.18. The average Bonchev–Trinajstić information content (AvgIpc) is 3.86. The van der Waals surface area contributed by atoms with Crippen LogP contribution >= 0.6 is 23.2 Å². The van der Waals surface area contributed by atoms with Gasteiger partial charge >= 0.3 is 5.97 Å². The summed E-state index contributed by atoms with van der Waals surface area (Å²) in [5, 5.41) is 17.8. The minimum Gasteiger partial charge on any atom is -0.490 e. The fourth-order valence-corrected chi connectivity index (χ4v) is 7.49. The summed E-state index contributed by atoms with van der Waals surface area (Å²) in [6, 6.07) is 18.9. The van der Waals surface area contributed by atoms with E-state index in [0.29, 0.717) is 66.3 Å². The second-order valence-corrected chi connectivity index (χ2v) is 15.9. The minimum atomic E-state index is -1.01. The van der Waals surface area contributed by atoms with Crippen molar-refractivity contribution in [2.75, 3.05) is 26.3 Å². The SMILES string of the molecule is Cc1cc(Cl)c(OCCOc2ccc(C3=C(C(=O)NC4(Cc5ccccc5Cl)CC4)[C@H]4CN(C(=O)CCC(C)(C)C(=O)O)C[C@@H](C3)N4)cc2)cc1C. The molecule has 0 spiro atoms. The molecule has 2 aliphatic heterocycles. The van der Waals surface area contributed by atoms with E-state index in [1.165, 1.54) is 0 Å². The lowest BCUT2D eigenvalue weighted by atomic mass is 9.82. The van der Waals surface area contributed by atoms with Crippen LogP contribution in [0.1, 0.15) is 68.2 Å². The van der Waals surface area contributed by atoms with Gasteiger partial charge in [-0.05, 0) is 118 Å². The molecule has 1 aliphatic carbocycles. The number of piperazine rings is 1. The summed E-state index contributed by atoms with van der Waals surface area (Å²) in [6.07, 6.45) is 3.25. The third kappa shape index (κ3) is 8.76. The normalized spacial score (nSPS) is 19.2. The first kappa shape index (κ1) is 37.7. The van der Waals surface area contributed by atoms with Crippen LogP contribution in [-0.4, -0.2) is 71.7 Å². The molecule has 0 unspecified atom stereocenters. The molecule has 6 rings (SSSR count). The number of carboxylic acids is 1. The number of hydrogen-bond acceptors (Lipinski definition) is 6. The Bertz CT molecular complexity index is 1870. The highest BCUT2D eigenvalue weighted by molar-refractivity contribution is 6.32. The second-order valence-electron chi connectivity index (χ2n) is 15.1. The average molecular weight is 749 g/mol. The Hall–Kier alpha value is -4.05. The molecule has 9 nitrogen and oxygen atoms in total. The number of carbonyl (C=O) groups is 3. The number of ether oxygens (including phenoxy) is 2. The number of nitrogens with zero attached hydrogens (tertiary/aromatic N) is 1. The molecule has 11 heteroatoms. The fourth-order valence-electron chi connectivity index (χ4n) is 7.01. The standard InChI is InChI=1S/C41H47Cl2N3O6/c1-25-19-33(43)35(20-26(25)2)52-18-17-51-30-11-9-27(10-12-30)31-21-29-23-46(36(47)13-14-40(3,4)39(49)50)24-34(44-29)37(31)38(48)45-41(15-16-41)22-28-7-5-6-8-32(28)42/h5-12,19-20,29,34,44H,13-18,21-24H2,1-4H3,(H,45,48)(H,49,50)/t29-,34-/m1/s1. The number of fused-ring (bicyclic) bond motifs is 2. The van der Waals surface area contributed by atoms with E-state index in [9.17, 15) is 19.5 Å². The van der Waals surface area contributed by atoms with Crippen LogP contribution in [0.5, 0.6) is 11.5 Å². The first-order valence-corrected chi connectivity index (χ1v) is 18.7. The van der Waals surface area contributed by atoms with E-state index in [1.54, 1.807) is 18.7 Å². The molecule has 1 saturated heterocycles. The highest BCUT2D eigenvalue weighted by Crippen LogP contribution is 2.42. The Kier molecular flexibility index (Phi) is 11.2. The van der Waals surface area contributed by atoms with Crippen molar-refractivity contribution in [3.63, 3.8) is 0 Å². The van der Waals surface area contributed by atoms with Crippen LogP contribution in [-0.2, 0) is 20.8 Å². The summed E-state index contributed by atoms with van der Waals surface area (Å²) in [4.78, 5) is 41.3. The molecule has 3 aromatic carbocycles. The van der Waals surface area contributed by atoms with E-state index in [1.807, 2.05) is 74.5 Å². The summed E-state index contributed by atoms with van der Waals surface area (Å²) < 4.78 is 11.9. The molecule has 0 aromatic heterocycles. The molecule has 2 fully saturated rings. The molecule has 3 aromatic rings. The van der Waals surface area contributed by atoms with Gasteiger partial charge in [0.2, 0.25) is 11.8 Å². The Labute approximate surface area is 315 Å². The number of nitrogens with one attached hydrogen (secondary N) is 2. The van der Waals surface area contributed by atoms with Gasteiger partial charge in [-0.1, -0.05) is 53.5 Å². The number of benzene rings is 3. The van der Waals surface area contributed by atoms with Crippen LogP contribution in [0, 0.1) is 19.3 Å². The first-order valence-electron chi connectivity index (χ1n) is 17.9. The minimum absolute atomic E-state index is 0.0648. The molecule has 2 amide bonds. The van der Waals surface area contributed by atoms with Gasteiger partial charge in [-0.25, -0.2) is 0 Å². The first-order chi connectivity index (χ1) is 24.7. The zero-order valence-electron chi connectivity index (χ0n) is 30.2. The Balaban J connectivity index is 1.19. The lowest BCUT2D eigenvalue weighted by molar-refractivity contribution is -0.148. The third-order valence-electron chi connectivity index (χ3n) is 10.6. The fraction of sp³-hybridized carbons (Fsp3) is 0.439. The van der Waals surface area contributed by atoms with Crippen LogP contribution in [0.25, 0.3) is 5.57 Å². The van der Waals surface area contributed by atoms with Crippen molar-refractivity contribution >= 4 is 46.6 Å². The van der Waals surface area contributed by atoms with Crippen LogP contribution in [0.2, 0.25) is 10.0 Å². The predicted molar refractivity (Wildman–Crippen MR) is 203 cm³/mol. The van der Waals surface area contributed by atoms with Gasteiger partial charge in [-0.3, -0.25) is 14.4 Å². The van der Waals surface area contributed by atoms with Crippen molar-refractivity contribution in [2.24, 2.45) is 5.41 Å². The zero-order chi connectivity index (χ0) is 37.2. The monoisotopic (exact) mass is 747 g/mol. The molecular weight excluding hydrogens is 701 g/mol. The van der Waals surface area contributed by atoms with Gasteiger partial charge in [0.15, 0.2) is 0 Å². The summed E-state index contributed by atoms with van der Waals surface area (Å²) in [5.74, 6) is 0.122. The van der Waals surface area contributed by atoms with Gasteiger partial charge in [-0.2, -0.15) is 0 Å². The quantitative estimate of drug-likeness (QED) is 0.150. The smallest absolute Gasteiger partial charge is 0.309 e. The van der Waals surface area contributed by atoms with Gasteiger partial charge in [0, 0.05) is 41.7 Å². The lowest BCUT2D eigenvalue weighted by Crippen LogP contribution is -2.62. The molecular formula is C41H47Cl2N3O6. The van der Waals surface area contributed by atoms with E-state index in [-0.39, 0.29) is 42.3 Å². The van der Waals surface area contributed by atoms with Crippen molar-refractivity contribution in [3.8, 4) is 11.5 Å². The zero-order valence-corrected chi connectivity index (χ0v) is 31.7. The summed E-state index contributed by atoms with van der Waals surface area (Å²) in [6.45, 7) is 8.74. The van der Waals surface area contributed by atoms with Crippen LogP contribution in [0.3, 0.4) is 0 Å². The van der Waals surface area contributed by atoms with Crippen molar-refractivity contribution in [2.45, 2.75) is 83.8 Å². The second kappa shape index (κ2) is 15.5. The van der Waals surface area contributed by atoms with Gasteiger partial charge in [0.1, 0.15) is 24.7 Å². The van der Waals surface area contributed by atoms with Crippen molar-refractivity contribution in [1.29, 1.82) is 0 Å². The van der Waals surface area contributed by atoms with Crippen molar-refractivity contribution in [3.05, 3.63) is 98.5 Å². The van der Waals surface area contributed by atoms with Crippen LogP contribution < -0.4 is 20.1 Å². The maximum atomic E-state index is 14.4. The molecule has 2 atom stereocenters. The number of rotatable bonds is 14. The van der Waals surface area contributed by atoms with E-state index in [4.69, 9.17) is 32.7 Å². The molecule has 3 aliphatic rings. The lowest BCUT2D eigenvalue weighted by Gasteiger charge is -2.44. The number of halogens is 2. The topological polar surface area (TPSA) is 117 Å². The summed E-state index contributed by atoms with van der Waals surface area (Å²) in [5.41, 5.74) is 4.30. The van der Waals surface area contributed by atoms with E-state index in [0.717, 1.165) is 40.7 Å². The summed E-state index contributed by atoms with van der Waals surface area (Å²) >= 11 is 12.9. The van der Waals surface area contributed by atoms with Crippen molar-refractivity contribution in [1.82, 2.24) is 15.5 Å². The van der Waals surface area contributed by atoms with Gasteiger partial charge in [0.05, 0.1) is 16.5 Å². The Morgan fingerprint density at radius 2 is 1.65 bits per heavy atom. The van der Waals surface area contributed by atoms with E-state index >= 15 is 0 Å². The Morgan fingerprint density at radius 1 is 0.962 bits per heavy atom. The molecule has 276 valence electrons. The molecule has 3 N–H and O–H groups in total. The van der Waals surface area contributed by atoms with Gasteiger partial charge in [-0.15, -0.1) is 0 Å². The highest BCUT2D eigenvalue weighted by atomic mass is 35.5. The maximum absolute atomic E-state index is 14.4. The number of carboxylic acid groups (broad SMARTS) is 1. The molecule has 1 saturated carbocycles. The van der Waals surface area contributed by atoms with E-state index < -0.39 is 11.4 Å². The van der Waals surface area contributed by atoms with Gasteiger partial charge in [0.25, 0.3) is 0 Å². The van der Waals surface area contributed by atoms with Crippen molar-refractivity contribution < 1.29 is 29.0 Å². The highest BCUT2D eigenvalue weighted by Gasteiger charge is 2.47. The molecule has 52 heavy (non-hydrogen) atoms. The maximum Gasteiger partial charge on any atom is 0.309 e. The van der Waals surface area contributed by atoms with Crippen LogP contribution in [0.15, 0.2) is 66.2 Å². The Morgan fingerprint density at radius 3 is 2.35 bits per heavy atom. The number of hydrogen-bond donors (Lipinski definition) is 3. The number of aliphatic carboxylic acids is 1.